The SMILES string of the molecule is C=CCN(CCc1ccccc1)C(=O)CC1(O)CCCC1. The normalized spacial score (nSPS) is 16.6. The van der Waals surface area contributed by atoms with Gasteiger partial charge in [-0.15, -0.1) is 6.58 Å². The van der Waals surface area contributed by atoms with Crippen molar-refractivity contribution in [2.24, 2.45) is 0 Å². The summed E-state index contributed by atoms with van der Waals surface area (Å²) in [5.74, 6) is 0.0373. The van der Waals surface area contributed by atoms with Crippen molar-refractivity contribution in [3.8, 4) is 0 Å². The Morgan fingerprint density at radius 2 is 1.95 bits per heavy atom. The summed E-state index contributed by atoms with van der Waals surface area (Å²) in [6.45, 7) is 4.95. The Kier molecular flexibility index (Phi) is 5.57. The molecule has 1 aromatic carbocycles. The van der Waals surface area contributed by atoms with E-state index in [0.717, 1.165) is 32.1 Å². The van der Waals surface area contributed by atoms with Crippen molar-refractivity contribution in [3.63, 3.8) is 0 Å². The number of nitrogens with zero attached hydrogens (tertiary/aromatic N) is 1. The maximum Gasteiger partial charge on any atom is 0.225 e. The van der Waals surface area contributed by atoms with Gasteiger partial charge in [-0.3, -0.25) is 4.79 Å². The third-order valence-corrected chi connectivity index (χ3v) is 4.23. The van der Waals surface area contributed by atoms with Crippen LogP contribution in [0.15, 0.2) is 43.0 Å². The molecule has 1 saturated carbocycles. The number of rotatable bonds is 7. The van der Waals surface area contributed by atoms with Gasteiger partial charge in [0.05, 0.1) is 12.0 Å². The second kappa shape index (κ2) is 7.41. The van der Waals surface area contributed by atoms with Crippen LogP contribution in [-0.2, 0) is 11.2 Å². The molecule has 114 valence electrons. The highest BCUT2D eigenvalue weighted by atomic mass is 16.3. The van der Waals surface area contributed by atoms with Crippen molar-refractivity contribution >= 4 is 5.91 Å². The number of carbonyl (C=O) groups is 1. The molecule has 1 N–H and O–H groups in total. The average molecular weight is 287 g/mol. The zero-order valence-electron chi connectivity index (χ0n) is 12.6. The molecule has 3 heteroatoms. The Labute approximate surface area is 127 Å². The first-order chi connectivity index (χ1) is 10.1. The summed E-state index contributed by atoms with van der Waals surface area (Å²) >= 11 is 0. The molecule has 0 saturated heterocycles. The summed E-state index contributed by atoms with van der Waals surface area (Å²) in [4.78, 5) is 14.2. The van der Waals surface area contributed by atoms with Crippen molar-refractivity contribution in [1.29, 1.82) is 0 Å². The standard InChI is InChI=1S/C18H25NO2/c1-2-13-19(14-10-16-8-4-3-5-9-16)17(20)15-18(21)11-6-7-12-18/h2-5,8-9,21H,1,6-7,10-15H2. The van der Waals surface area contributed by atoms with Crippen molar-refractivity contribution in [2.75, 3.05) is 13.1 Å². The molecule has 1 amide bonds. The molecule has 21 heavy (non-hydrogen) atoms. The Balaban J connectivity index is 1.91. The highest BCUT2D eigenvalue weighted by Crippen LogP contribution is 2.32. The van der Waals surface area contributed by atoms with Gasteiger partial charge < -0.3 is 10.0 Å². The largest absolute Gasteiger partial charge is 0.389 e. The Bertz CT molecular complexity index is 463. The highest BCUT2D eigenvalue weighted by Gasteiger charge is 2.34. The van der Waals surface area contributed by atoms with Crippen LogP contribution in [0.5, 0.6) is 0 Å². The molecule has 0 spiro atoms. The van der Waals surface area contributed by atoms with Crippen LogP contribution < -0.4 is 0 Å². The third kappa shape index (κ3) is 4.71. The number of hydrogen-bond acceptors (Lipinski definition) is 2. The van der Waals surface area contributed by atoms with Gasteiger partial charge in [-0.2, -0.15) is 0 Å². The Morgan fingerprint density at radius 3 is 2.57 bits per heavy atom. The predicted molar refractivity (Wildman–Crippen MR) is 85.0 cm³/mol. The second-order valence-electron chi connectivity index (χ2n) is 5.97. The number of benzene rings is 1. The number of hydrogen-bond donors (Lipinski definition) is 1. The van der Waals surface area contributed by atoms with E-state index in [1.807, 2.05) is 18.2 Å². The van der Waals surface area contributed by atoms with Crippen LogP contribution in [-0.4, -0.2) is 34.6 Å². The average Bonchev–Trinajstić information content (AvgIpc) is 2.90. The monoisotopic (exact) mass is 287 g/mol. The Hall–Kier alpha value is -1.61. The van der Waals surface area contributed by atoms with Gasteiger partial charge in [0, 0.05) is 13.1 Å². The number of carbonyl (C=O) groups excluding carboxylic acids is 1. The molecular weight excluding hydrogens is 262 g/mol. The summed E-state index contributed by atoms with van der Waals surface area (Å²) < 4.78 is 0. The van der Waals surface area contributed by atoms with Gasteiger partial charge in [0.1, 0.15) is 0 Å². The minimum atomic E-state index is -0.775. The molecule has 0 aliphatic heterocycles. The Morgan fingerprint density at radius 1 is 1.29 bits per heavy atom. The van der Waals surface area contributed by atoms with Crippen LogP contribution in [0, 0.1) is 0 Å². The third-order valence-electron chi connectivity index (χ3n) is 4.23. The van der Waals surface area contributed by atoms with E-state index in [1.54, 1.807) is 11.0 Å². The quantitative estimate of drug-likeness (QED) is 0.783. The van der Waals surface area contributed by atoms with Gasteiger partial charge in [0.25, 0.3) is 0 Å². The molecule has 2 rings (SSSR count). The molecule has 0 radical (unpaired) electrons. The topological polar surface area (TPSA) is 40.5 Å². The highest BCUT2D eigenvalue weighted by molar-refractivity contribution is 5.77. The number of aliphatic hydroxyl groups is 1. The van der Waals surface area contributed by atoms with E-state index in [4.69, 9.17) is 0 Å². The van der Waals surface area contributed by atoms with Crippen molar-refractivity contribution < 1.29 is 9.90 Å². The fourth-order valence-electron chi connectivity index (χ4n) is 2.99. The lowest BCUT2D eigenvalue weighted by molar-refractivity contribution is -0.135. The fraction of sp³-hybridized carbons (Fsp3) is 0.500. The minimum Gasteiger partial charge on any atom is -0.389 e. The molecule has 1 aromatic rings. The molecule has 1 aliphatic carbocycles. The predicted octanol–water partition coefficient (Wildman–Crippen LogP) is 2.94. The lowest BCUT2D eigenvalue weighted by Crippen LogP contribution is -2.39. The smallest absolute Gasteiger partial charge is 0.225 e. The second-order valence-corrected chi connectivity index (χ2v) is 5.97. The molecule has 1 aliphatic rings. The van der Waals surface area contributed by atoms with Gasteiger partial charge in [0.2, 0.25) is 5.91 Å². The molecule has 0 unspecified atom stereocenters. The van der Waals surface area contributed by atoms with Gasteiger partial charge in [-0.05, 0) is 24.8 Å². The van der Waals surface area contributed by atoms with Gasteiger partial charge in [0.15, 0.2) is 0 Å². The first kappa shape index (κ1) is 15.8. The van der Waals surface area contributed by atoms with Crippen LogP contribution in [0.2, 0.25) is 0 Å². The van der Waals surface area contributed by atoms with E-state index in [-0.39, 0.29) is 12.3 Å². The summed E-state index contributed by atoms with van der Waals surface area (Å²) in [5, 5.41) is 10.4. The fourth-order valence-corrected chi connectivity index (χ4v) is 2.99. The van der Waals surface area contributed by atoms with Crippen molar-refractivity contribution in [3.05, 3.63) is 48.6 Å². The first-order valence-electron chi connectivity index (χ1n) is 7.78. The van der Waals surface area contributed by atoms with Crippen LogP contribution in [0.1, 0.15) is 37.7 Å². The number of amides is 1. The van der Waals surface area contributed by atoms with Crippen LogP contribution >= 0.6 is 0 Å². The molecule has 0 aromatic heterocycles. The van der Waals surface area contributed by atoms with E-state index in [1.165, 1.54) is 5.56 Å². The maximum atomic E-state index is 12.4. The summed E-state index contributed by atoms with van der Waals surface area (Å²) in [5.41, 5.74) is 0.447. The van der Waals surface area contributed by atoms with Crippen LogP contribution in [0.3, 0.4) is 0 Å². The van der Waals surface area contributed by atoms with E-state index >= 15 is 0 Å². The maximum absolute atomic E-state index is 12.4. The molecule has 0 atom stereocenters. The lowest BCUT2D eigenvalue weighted by atomic mass is 9.97. The first-order valence-corrected chi connectivity index (χ1v) is 7.78. The van der Waals surface area contributed by atoms with Crippen LogP contribution in [0.4, 0.5) is 0 Å². The van der Waals surface area contributed by atoms with E-state index in [0.29, 0.717) is 13.1 Å². The van der Waals surface area contributed by atoms with Crippen molar-refractivity contribution in [2.45, 2.75) is 44.1 Å². The van der Waals surface area contributed by atoms with E-state index in [9.17, 15) is 9.90 Å². The van der Waals surface area contributed by atoms with E-state index < -0.39 is 5.60 Å². The molecule has 3 nitrogen and oxygen atoms in total. The lowest BCUT2D eigenvalue weighted by Gasteiger charge is -2.27. The summed E-state index contributed by atoms with van der Waals surface area (Å²) in [6, 6.07) is 10.2. The van der Waals surface area contributed by atoms with E-state index in [2.05, 4.69) is 18.7 Å². The molecule has 0 bridgehead atoms. The van der Waals surface area contributed by atoms with Crippen molar-refractivity contribution in [1.82, 2.24) is 4.90 Å². The molecule has 1 fully saturated rings. The zero-order chi connectivity index (χ0) is 15.1. The minimum absolute atomic E-state index is 0.0373. The molecule has 0 heterocycles. The van der Waals surface area contributed by atoms with Gasteiger partial charge >= 0.3 is 0 Å². The molecular formula is C18H25NO2. The van der Waals surface area contributed by atoms with Crippen LogP contribution in [0.25, 0.3) is 0 Å². The van der Waals surface area contributed by atoms with Gasteiger partial charge in [-0.1, -0.05) is 49.2 Å². The van der Waals surface area contributed by atoms with Gasteiger partial charge in [-0.25, -0.2) is 0 Å². The zero-order valence-corrected chi connectivity index (χ0v) is 12.6. The summed E-state index contributed by atoms with van der Waals surface area (Å²) in [6.07, 6.45) is 6.37. The summed E-state index contributed by atoms with van der Waals surface area (Å²) in [7, 11) is 0.